The zero-order valence-corrected chi connectivity index (χ0v) is 17.5. The van der Waals surface area contributed by atoms with Gasteiger partial charge in [0.05, 0.1) is 11.6 Å². The number of halogens is 3. The van der Waals surface area contributed by atoms with E-state index >= 15 is 0 Å². The molecule has 1 fully saturated rings. The summed E-state index contributed by atoms with van der Waals surface area (Å²) in [4.78, 5) is 14.8. The zero-order valence-electron chi connectivity index (χ0n) is 17.5. The van der Waals surface area contributed by atoms with E-state index < -0.39 is 6.36 Å². The van der Waals surface area contributed by atoms with Crippen molar-refractivity contribution in [2.75, 3.05) is 19.6 Å². The largest absolute Gasteiger partial charge is 0.573 e. The lowest BCUT2D eigenvalue weighted by Gasteiger charge is -2.34. The van der Waals surface area contributed by atoms with E-state index in [0.29, 0.717) is 37.3 Å². The fourth-order valence-corrected chi connectivity index (χ4v) is 3.62. The maximum absolute atomic E-state index is 13.1. The second-order valence-corrected chi connectivity index (χ2v) is 7.57. The number of alkyl halides is 3. The fraction of sp³-hybridized carbons (Fsp3) is 0.476. The lowest BCUT2D eigenvalue weighted by atomic mass is 10.0. The van der Waals surface area contributed by atoms with E-state index in [9.17, 15) is 18.0 Å². The third-order valence-corrected chi connectivity index (χ3v) is 5.19. The van der Waals surface area contributed by atoms with Crippen LogP contribution >= 0.6 is 0 Å². The average molecular weight is 440 g/mol. The van der Waals surface area contributed by atoms with Gasteiger partial charge in [-0.15, -0.1) is 13.2 Å². The van der Waals surface area contributed by atoms with E-state index in [0.717, 1.165) is 11.4 Å². The number of allylic oxidation sites excluding steroid dienone is 1. The summed E-state index contributed by atoms with van der Waals surface area (Å²) in [6.45, 7) is 5.00. The molecule has 2 aliphatic rings. The number of amides is 1. The Labute approximate surface area is 179 Å². The molecule has 0 aliphatic carbocycles. The van der Waals surface area contributed by atoms with Crippen LogP contribution in [-0.4, -0.2) is 48.9 Å². The molecular weight excluding hydrogens is 413 g/mol. The van der Waals surface area contributed by atoms with E-state index in [-0.39, 0.29) is 30.3 Å². The molecule has 0 aromatic heterocycles. The molecule has 1 aromatic carbocycles. The highest BCUT2D eigenvalue weighted by Crippen LogP contribution is 2.26. The number of benzene rings is 1. The van der Waals surface area contributed by atoms with Crippen LogP contribution in [0, 0.1) is 0 Å². The summed E-state index contributed by atoms with van der Waals surface area (Å²) in [7, 11) is 0. The Morgan fingerprint density at radius 3 is 2.39 bits per heavy atom. The van der Waals surface area contributed by atoms with Gasteiger partial charge in [-0.2, -0.15) is 0 Å². The second kappa shape index (κ2) is 9.51. The first-order chi connectivity index (χ1) is 14.7. The van der Waals surface area contributed by atoms with Crippen molar-refractivity contribution in [3.05, 3.63) is 47.4 Å². The van der Waals surface area contributed by atoms with E-state index in [4.69, 9.17) is 10.5 Å². The Kier molecular flexibility index (Phi) is 6.99. The number of carbonyl (C=O) groups is 1. The van der Waals surface area contributed by atoms with Crippen LogP contribution in [0.3, 0.4) is 0 Å². The molecule has 31 heavy (non-hydrogen) atoms. The Balaban J connectivity index is 1.56. The van der Waals surface area contributed by atoms with E-state index in [1.165, 1.54) is 24.3 Å². The number of likely N-dealkylation sites (tertiary alicyclic amines) is 1. The third-order valence-electron chi connectivity index (χ3n) is 5.19. The molecule has 0 saturated carbocycles. The van der Waals surface area contributed by atoms with Crippen LogP contribution in [0.5, 0.6) is 11.5 Å². The molecule has 2 heterocycles. The molecule has 10 heteroatoms. The summed E-state index contributed by atoms with van der Waals surface area (Å²) in [6.07, 6.45) is -1.78. The van der Waals surface area contributed by atoms with Crippen LogP contribution in [-0.2, 0) is 4.79 Å². The molecule has 0 spiro atoms. The standard InChI is InChI=1S/C21H27F3N4O3/c1-13-12-26-14(2)19(27-13)18(11-25)20(29)28-9-7-16(8-10-28)30-15-3-5-17(6-4-15)31-21(22,23)24/h3-6,12,14,16,26-27H,7-11,25H2,1-2H3/b19-18+. The number of hydrogen-bond acceptors (Lipinski definition) is 6. The van der Waals surface area contributed by atoms with Gasteiger partial charge in [0.25, 0.3) is 5.91 Å². The summed E-state index contributed by atoms with van der Waals surface area (Å²) >= 11 is 0. The maximum atomic E-state index is 13.1. The topological polar surface area (TPSA) is 88.9 Å². The van der Waals surface area contributed by atoms with Crippen molar-refractivity contribution in [3.8, 4) is 11.5 Å². The van der Waals surface area contributed by atoms with Crippen molar-refractivity contribution in [1.82, 2.24) is 15.5 Å². The van der Waals surface area contributed by atoms with Crippen molar-refractivity contribution in [1.29, 1.82) is 0 Å². The Hall–Kier alpha value is -2.88. The van der Waals surface area contributed by atoms with Gasteiger partial charge >= 0.3 is 6.36 Å². The van der Waals surface area contributed by atoms with E-state index in [1.54, 1.807) is 4.90 Å². The molecule has 170 valence electrons. The molecule has 1 aromatic rings. The minimum atomic E-state index is -4.73. The Morgan fingerprint density at radius 1 is 1.19 bits per heavy atom. The molecule has 1 saturated heterocycles. The summed E-state index contributed by atoms with van der Waals surface area (Å²) < 4.78 is 46.5. The molecule has 3 rings (SSSR count). The van der Waals surface area contributed by atoms with Crippen molar-refractivity contribution in [3.63, 3.8) is 0 Å². The van der Waals surface area contributed by atoms with Crippen molar-refractivity contribution >= 4 is 5.91 Å². The molecular formula is C21H27F3N4O3. The predicted octanol–water partition coefficient (Wildman–Crippen LogP) is 2.61. The monoisotopic (exact) mass is 440 g/mol. The van der Waals surface area contributed by atoms with Gasteiger partial charge in [0, 0.05) is 50.1 Å². The molecule has 7 nitrogen and oxygen atoms in total. The van der Waals surface area contributed by atoms with Gasteiger partial charge < -0.3 is 30.7 Å². The number of nitrogens with one attached hydrogen (secondary N) is 2. The average Bonchev–Trinajstić information content (AvgIpc) is 2.72. The normalized spacial score (nSPS) is 21.5. The summed E-state index contributed by atoms with van der Waals surface area (Å²) in [5.74, 6) is 0.0609. The Bertz CT molecular complexity index is 844. The fourth-order valence-electron chi connectivity index (χ4n) is 3.62. The van der Waals surface area contributed by atoms with Crippen LogP contribution < -0.4 is 25.8 Å². The number of rotatable bonds is 5. The highest BCUT2D eigenvalue weighted by Gasteiger charge is 2.31. The maximum Gasteiger partial charge on any atom is 0.573 e. The molecule has 1 unspecified atom stereocenters. The lowest BCUT2D eigenvalue weighted by Crippen LogP contribution is -2.46. The molecule has 1 amide bonds. The number of nitrogens with two attached hydrogens (primary N) is 1. The number of piperidine rings is 1. The first-order valence-electron chi connectivity index (χ1n) is 10.1. The highest BCUT2D eigenvalue weighted by molar-refractivity contribution is 5.95. The van der Waals surface area contributed by atoms with Crippen LogP contribution in [0.1, 0.15) is 26.7 Å². The number of nitrogens with zero attached hydrogens (tertiary/aromatic N) is 1. The number of carbonyl (C=O) groups excluding carboxylic acids is 1. The smallest absolute Gasteiger partial charge is 0.490 e. The van der Waals surface area contributed by atoms with Crippen LogP contribution in [0.4, 0.5) is 13.2 Å². The quantitative estimate of drug-likeness (QED) is 0.610. The SMILES string of the molecule is CC1=CNC(C)/C(=C(/CN)C(=O)N2CCC(Oc3ccc(OC(F)(F)F)cc3)CC2)N1. The van der Waals surface area contributed by atoms with Gasteiger partial charge in [0.2, 0.25) is 0 Å². The van der Waals surface area contributed by atoms with Gasteiger partial charge in [-0.25, -0.2) is 0 Å². The van der Waals surface area contributed by atoms with Gasteiger partial charge in [0.1, 0.15) is 17.6 Å². The molecule has 0 bridgehead atoms. The minimum Gasteiger partial charge on any atom is -0.490 e. The van der Waals surface area contributed by atoms with Crippen molar-refractivity contribution < 1.29 is 27.4 Å². The van der Waals surface area contributed by atoms with Gasteiger partial charge in [-0.1, -0.05) is 0 Å². The van der Waals surface area contributed by atoms with Crippen LogP contribution in [0.2, 0.25) is 0 Å². The van der Waals surface area contributed by atoms with Crippen molar-refractivity contribution in [2.45, 2.75) is 45.2 Å². The molecule has 2 aliphatic heterocycles. The second-order valence-electron chi connectivity index (χ2n) is 7.57. The van der Waals surface area contributed by atoms with Crippen LogP contribution in [0.25, 0.3) is 0 Å². The first-order valence-corrected chi connectivity index (χ1v) is 10.1. The molecule has 4 N–H and O–H groups in total. The van der Waals surface area contributed by atoms with Gasteiger partial charge in [-0.3, -0.25) is 4.79 Å². The molecule has 0 radical (unpaired) electrons. The summed E-state index contributed by atoms with van der Waals surface area (Å²) in [5.41, 5.74) is 8.14. The zero-order chi connectivity index (χ0) is 22.6. The minimum absolute atomic E-state index is 0.0450. The number of hydrogen-bond donors (Lipinski definition) is 3. The van der Waals surface area contributed by atoms with E-state index in [2.05, 4.69) is 15.4 Å². The summed E-state index contributed by atoms with van der Waals surface area (Å²) in [6, 6.07) is 5.26. The Morgan fingerprint density at radius 2 is 1.81 bits per heavy atom. The first kappa shape index (κ1) is 22.8. The van der Waals surface area contributed by atoms with Crippen LogP contribution in [0.15, 0.2) is 47.4 Å². The van der Waals surface area contributed by atoms with Gasteiger partial charge in [0.15, 0.2) is 0 Å². The number of ether oxygens (including phenoxy) is 2. The summed E-state index contributed by atoms with van der Waals surface area (Å²) in [5, 5.41) is 6.45. The lowest BCUT2D eigenvalue weighted by molar-refractivity contribution is -0.274. The predicted molar refractivity (Wildman–Crippen MR) is 109 cm³/mol. The van der Waals surface area contributed by atoms with Crippen molar-refractivity contribution in [2.24, 2.45) is 5.73 Å². The highest BCUT2D eigenvalue weighted by atomic mass is 19.4. The molecule has 1 atom stereocenters. The third kappa shape index (κ3) is 6.06. The van der Waals surface area contributed by atoms with Gasteiger partial charge in [-0.05, 0) is 38.1 Å². The van der Waals surface area contributed by atoms with E-state index in [1.807, 2.05) is 20.0 Å².